The maximum absolute atomic E-state index is 12.8. The van der Waals surface area contributed by atoms with Crippen LogP contribution in [0.5, 0.6) is 0 Å². The minimum absolute atomic E-state index is 0.0290. The predicted octanol–water partition coefficient (Wildman–Crippen LogP) is 6.00. The van der Waals surface area contributed by atoms with Gasteiger partial charge in [-0.15, -0.1) is 10.2 Å². The zero-order valence-corrected chi connectivity index (χ0v) is 20.5. The number of esters is 1. The molecule has 2 atom stereocenters. The highest BCUT2D eigenvalue weighted by molar-refractivity contribution is 7.18. The average molecular weight is 488 g/mol. The SMILES string of the molecule is CCOC(=O)c1ccc(-c2ccc(-c3nnc(NC(=O)C4CC4c4cc(C)cc(C)c4)s3)o2)cc1. The highest BCUT2D eigenvalue weighted by atomic mass is 32.1. The van der Waals surface area contributed by atoms with Crippen molar-refractivity contribution in [3.05, 3.63) is 76.9 Å². The Labute approximate surface area is 207 Å². The molecule has 2 heterocycles. The molecule has 0 bridgehead atoms. The molecule has 35 heavy (non-hydrogen) atoms. The molecular formula is C27H25N3O4S. The second-order valence-corrected chi connectivity index (χ2v) is 9.71. The summed E-state index contributed by atoms with van der Waals surface area (Å²) >= 11 is 1.27. The van der Waals surface area contributed by atoms with Gasteiger partial charge in [0.2, 0.25) is 11.0 Å². The quantitative estimate of drug-likeness (QED) is 0.321. The summed E-state index contributed by atoms with van der Waals surface area (Å²) in [7, 11) is 0. The van der Waals surface area contributed by atoms with Gasteiger partial charge >= 0.3 is 5.97 Å². The van der Waals surface area contributed by atoms with Crippen LogP contribution in [-0.2, 0) is 9.53 Å². The normalized spacial score (nSPS) is 16.7. The van der Waals surface area contributed by atoms with Gasteiger partial charge in [0.25, 0.3) is 0 Å². The molecule has 0 spiro atoms. The third-order valence-corrected chi connectivity index (χ3v) is 6.81. The van der Waals surface area contributed by atoms with Gasteiger partial charge in [-0.1, -0.05) is 52.8 Å². The number of furan rings is 1. The van der Waals surface area contributed by atoms with Crippen molar-refractivity contribution >= 4 is 28.3 Å². The molecule has 1 aliphatic rings. The van der Waals surface area contributed by atoms with Crippen LogP contribution in [0, 0.1) is 19.8 Å². The van der Waals surface area contributed by atoms with Gasteiger partial charge in [0, 0.05) is 11.5 Å². The van der Waals surface area contributed by atoms with Crippen molar-refractivity contribution in [2.45, 2.75) is 33.1 Å². The van der Waals surface area contributed by atoms with Crippen LogP contribution in [0.25, 0.3) is 22.1 Å². The molecule has 1 N–H and O–H groups in total. The van der Waals surface area contributed by atoms with Crippen molar-refractivity contribution < 1.29 is 18.7 Å². The van der Waals surface area contributed by atoms with E-state index in [0.717, 1.165) is 12.0 Å². The molecular weight excluding hydrogens is 462 g/mol. The number of amides is 1. The van der Waals surface area contributed by atoms with Crippen LogP contribution >= 0.6 is 11.3 Å². The van der Waals surface area contributed by atoms with Gasteiger partial charge in [0.05, 0.1) is 12.2 Å². The number of carbonyl (C=O) groups excluding carboxylic acids is 2. The average Bonchev–Trinajstić information content (AvgIpc) is 3.25. The van der Waals surface area contributed by atoms with E-state index in [9.17, 15) is 9.59 Å². The minimum Gasteiger partial charge on any atom is -0.462 e. The van der Waals surface area contributed by atoms with Crippen LogP contribution in [0.15, 0.2) is 59.0 Å². The third kappa shape index (κ3) is 5.02. The van der Waals surface area contributed by atoms with Crippen LogP contribution in [0.2, 0.25) is 0 Å². The minimum atomic E-state index is -0.353. The van der Waals surface area contributed by atoms with Gasteiger partial charge in [-0.25, -0.2) is 4.79 Å². The number of nitrogens with zero attached hydrogens (tertiary/aromatic N) is 2. The molecule has 178 valence electrons. The Morgan fingerprint density at radius 1 is 1.03 bits per heavy atom. The highest BCUT2D eigenvalue weighted by Crippen LogP contribution is 2.48. The molecule has 1 aliphatic carbocycles. The molecule has 1 saturated carbocycles. The van der Waals surface area contributed by atoms with E-state index < -0.39 is 0 Å². The van der Waals surface area contributed by atoms with Crippen LogP contribution in [-0.4, -0.2) is 28.7 Å². The van der Waals surface area contributed by atoms with Crippen molar-refractivity contribution in [2.75, 3.05) is 11.9 Å². The van der Waals surface area contributed by atoms with E-state index in [1.807, 2.05) is 24.3 Å². The first-order valence-electron chi connectivity index (χ1n) is 11.5. The van der Waals surface area contributed by atoms with Crippen molar-refractivity contribution in [1.82, 2.24) is 10.2 Å². The van der Waals surface area contributed by atoms with Gasteiger partial charge in [-0.2, -0.15) is 0 Å². The maximum atomic E-state index is 12.8. The summed E-state index contributed by atoms with van der Waals surface area (Å²) in [6.07, 6.45) is 0.844. The number of benzene rings is 2. The number of rotatable bonds is 7. The van der Waals surface area contributed by atoms with E-state index in [4.69, 9.17) is 9.15 Å². The monoisotopic (exact) mass is 487 g/mol. The first-order chi connectivity index (χ1) is 16.9. The molecule has 1 amide bonds. The second kappa shape index (κ2) is 9.46. The van der Waals surface area contributed by atoms with Gasteiger partial charge < -0.3 is 14.5 Å². The number of ether oxygens (including phenoxy) is 1. The summed E-state index contributed by atoms with van der Waals surface area (Å²) in [6, 6.07) is 17.1. The summed E-state index contributed by atoms with van der Waals surface area (Å²) in [5.41, 5.74) is 4.97. The lowest BCUT2D eigenvalue weighted by Gasteiger charge is -2.04. The number of aromatic nitrogens is 2. The van der Waals surface area contributed by atoms with Crippen LogP contribution in [0.4, 0.5) is 5.13 Å². The molecule has 4 aromatic rings. The van der Waals surface area contributed by atoms with Crippen molar-refractivity contribution in [3.63, 3.8) is 0 Å². The lowest BCUT2D eigenvalue weighted by Crippen LogP contribution is -2.14. The van der Waals surface area contributed by atoms with E-state index in [1.165, 1.54) is 28.0 Å². The Balaban J connectivity index is 1.23. The summed E-state index contributed by atoms with van der Waals surface area (Å²) in [6.45, 7) is 6.26. The fraction of sp³-hybridized carbons (Fsp3) is 0.259. The lowest BCUT2D eigenvalue weighted by atomic mass is 10.0. The van der Waals surface area contributed by atoms with E-state index >= 15 is 0 Å². The second-order valence-electron chi connectivity index (χ2n) is 8.73. The van der Waals surface area contributed by atoms with Crippen LogP contribution in [0.1, 0.15) is 46.3 Å². The Morgan fingerprint density at radius 2 is 1.74 bits per heavy atom. The fourth-order valence-corrected chi connectivity index (χ4v) is 4.95. The van der Waals surface area contributed by atoms with Crippen LogP contribution < -0.4 is 5.32 Å². The van der Waals surface area contributed by atoms with Crippen molar-refractivity contribution in [1.29, 1.82) is 0 Å². The summed E-state index contributed by atoms with van der Waals surface area (Å²) in [5, 5.41) is 12.2. The Hall–Kier alpha value is -3.78. The predicted molar refractivity (Wildman–Crippen MR) is 134 cm³/mol. The van der Waals surface area contributed by atoms with Gasteiger partial charge in [-0.3, -0.25) is 4.79 Å². The molecule has 5 rings (SSSR count). The van der Waals surface area contributed by atoms with E-state index in [-0.39, 0.29) is 23.7 Å². The van der Waals surface area contributed by atoms with Gasteiger partial charge in [-0.05, 0) is 62.9 Å². The molecule has 0 radical (unpaired) electrons. The van der Waals surface area contributed by atoms with Crippen LogP contribution in [0.3, 0.4) is 0 Å². The van der Waals surface area contributed by atoms with Crippen molar-refractivity contribution in [3.8, 4) is 22.1 Å². The molecule has 2 aromatic carbocycles. The first-order valence-corrected chi connectivity index (χ1v) is 12.3. The van der Waals surface area contributed by atoms with E-state index in [2.05, 4.69) is 47.6 Å². The molecule has 0 aliphatic heterocycles. The molecule has 1 fully saturated rings. The number of hydrogen-bond donors (Lipinski definition) is 1. The van der Waals surface area contributed by atoms with Gasteiger partial charge in [0.1, 0.15) is 5.76 Å². The summed E-state index contributed by atoms with van der Waals surface area (Å²) in [4.78, 5) is 24.6. The Morgan fingerprint density at radius 3 is 2.46 bits per heavy atom. The lowest BCUT2D eigenvalue weighted by molar-refractivity contribution is -0.117. The van der Waals surface area contributed by atoms with Crippen molar-refractivity contribution in [2.24, 2.45) is 5.92 Å². The zero-order valence-electron chi connectivity index (χ0n) is 19.7. The fourth-order valence-electron chi connectivity index (χ4n) is 4.24. The topological polar surface area (TPSA) is 94.3 Å². The Bertz CT molecular complexity index is 1370. The summed E-state index contributed by atoms with van der Waals surface area (Å²) in [5.74, 6) is 1.03. The standard InChI is InChI=1S/C27H25N3O4S/c1-4-33-26(32)18-7-5-17(6-8-18)22-9-10-23(34-22)25-29-30-27(35-25)28-24(31)21-14-20(21)19-12-15(2)11-16(3)13-19/h5-13,20-21H,4,14H2,1-3H3,(H,28,30,31). The number of nitrogens with one attached hydrogen (secondary N) is 1. The Kier molecular flexibility index (Phi) is 6.21. The molecule has 7 nitrogen and oxygen atoms in total. The molecule has 0 saturated heterocycles. The number of hydrogen-bond acceptors (Lipinski definition) is 7. The molecule has 2 aromatic heterocycles. The number of aryl methyl sites for hydroxylation is 2. The molecule has 8 heteroatoms. The first kappa shape index (κ1) is 23.0. The highest BCUT2D eigenvalue weighted by Gasteiger charge is 2.44. The maximum Gasteiger partial charge on any atom is 0.338 e. The zero-order chi connectivity index (χ0) is 24.5. The number of anilines is 1. The molecule has 2 unspecified atom stereocenters. The third-order valence-electron chi connectivity index (χ3n) is 5.95. The number of carbonyl (C=O) groups is 2. The van der Waals surface area contributed by atoms with E-state index in [1.54, 1.807) is 19.1 Å². The smallest absolute Gasteiger partial charge is 0.338 e. The largest absolute Gasteiger partial charge is 0.462 e. The van der Waals surface area contributed by atoms with E-state index in [0.29, 0.717) is 33.8 Å². The van der Waals surface area contributed by atoms with Gasteiger partial charge in [0.15, 0.2) is 10.8 Å². The summed E-state index contributed by atoms with van der Waals surface area (Å²) < 4.78 is 11.0.